The third-order valence-electron chi connectivity index (χ3n) is 6.03. The van der Waals surface area contributed by atoms with Crippen molar-refractivity contribution in [2.45, 2.75) is 32.1 Å². The van der Waals surface area contributed by atoms with Crippen molar-refractivity contribution >= 4 is 49.4 Å². The van der Waals surface area contributed by atoms with Crippen molar-refractivity contribution < 1.29 is 14.0 Å². The highest BCUT2D eigenvalue weighted by Gasteiger charge is 2.40. The van der Waals surface area contributed by atoms with Crippen LogP contribution in [0.15, 0.2) is 90.6 Å². The number of halogens is 2. The Morgan fingerprint density at radius 1 is 1.06 bits per heavy atom. The van der Waals surface area contributed by atoms with E-state index in [9.17, 15) is 9.59 Å². The Bertz CT molecular complexity index is 1340. The molecule has 0 fully saturated rings. The lowest BCUT2D eigenvalue weighted by atomic mass is 9.77. The number of rotatable bonds is 4. The van der Waals surface area contributed by atoms with Crippen molar-refractivity contribution in [3.8, 4) is 11.3 Å². The van der Waals surface area contributed by atoms with Crippen LogP contribution >= 0.6 is 31.9 Å². The Hall–Kier alpha value is -2.97. The molecule has 2 aromatic heterocycles. The zero-order valence-electron chi connectivity index (χ0n) is 18.3. The van der Waals surface area contributed by atoms with E-state index in [0.29, 0.717) is 40.6 Å². The highest BCUT2D eigenvalue weighted by Crippen LogP contribution is 2.43. The predicted molar refractivity (Wildman–Crippen MR) is 137 cm³/mol. The number of furan rings is 1. The fourth-order valence-electron chi connectivity index (χ4n) is 4.48. The summed E-state index contributed by atoms with van der Waals surface area (Å²) < 4.78 is 8.07. The Kier molecular flexibility index (Phi) is 6.27. The number of nitrogens with zero attached hydrogens (tertiary/aromatic N) is 1. The van der Waals surface area contributed by atoms with Gasteiger partial charge in [-0.2, -0.15) is 0 Å². The van der Waals surface area contributed by atoms with Crippen molar-refractivity contribution in [2.24, 2.45) is 0 Å². The number of amides is 1. The van der Waals surface area contributed by atoms with E-state index in [4.69, 9.17) is 4.42 Å². The number of benzene rings is 1. The largest absolute Gasteiger partial charge is 0.460 e. The molecule has 1 aliphatic heterocycles. The maximum Gasteiger partial charge on any atom is 0.255 e. The maximum absolute atomic E-state index is 13.5. The minimum Gasteiger partial charge on any atom is -0.460 e. The Morgan fingerprint density at radius 3 is 2.56 bits per heavy atom. The summed E-state index contributed by atoms with van der Waals surface area (Å²) in [7, 11) is 0. The molecule has 0 spiro atoms. The van der Waals surface area contributed by atoms with Gasteiger partial charge in [-0.1, -0.05) is 28.1 Å². The number of anilines is 1. The SMILES string of the molecule is CC1=C(C(=O)Nc2ccc(Br)cn2)[C@@H](c2ccc(-c3ccc(Br)cc3)o2)C2=C(CCCC2=O)N1. The standard InChI is InChI=1S/C26H21Br2N3O3/c1-14-23(26(33)31-22-12-9-17(28)13-29-22)25(24-18(30-14)3-2-4-19(24)32)21-11-10-20(34-21)15-5-7-16(27)8-6-15/h5-13,25,30H,2-4H2,1H3,(H,29,31,33)/t25-/m1/s1. The molecule has 34 heavy (non-hydrogen) atoms. The van der Waals surface area contributed by atoms with Gasteiger partial charge in [0.15, 0.2) is 5.78 Å². The first-order valence-corrected chi connectivity index (χ1v) is 12.5. The van der Waals surface area contributed by atoms with Crippen LogP contribution in [0.5, 0.6) is 0 Å². The van der Waals surface area contributed by atoms with E-state index in [2.05, 4.69) is 47.5 Å². The number of hydrogen-bond acceptors (Lipinski definition) is 5. The highest BCUT2D eigenvalue weighted by atomic mass is 79.9. The van der Waals surface area contributed by atoms with E-state index in [1.807, 2.05) is 49.4 Å². The summed E-state index contributed by atoms with van der Waals surface area (Å²) >= 11 is 6.81. The molecule has 0 saturated heterocycles. The van der Waals surface area contributed by atoms with Gasteiger partial charge in [0.2, 0.25) is 0 Å². The van der Waals surface area contributed by atoms with Gasteiger partial charge in [0.25, 0.3) is 5.91 Å². The summed E-state index contributed by atoms with van der Waals surface area (Å²) in [5.41, 5.74) is 3.56. The van der Waals surface area contributed by atoms with Crippen LogP contribution < -0.4 is 10.6 Å². The second-order valence-electron chi connectivity index (χ2n) is 8.29. The molecule has 1 aliphatic carbocycles. The maximum atomic E-state index is 13.5. The average molecular weight is 583 g/mol. The lowest BCUT2D eigenvalue weighted by molar-refractivity contribution is -0.116. The van der Waals surface area contributed by atoms with Crippen LogP contribution in [0.2, 0.25) is 0 Å². The lowest BCUT2D eigenvalue weighted by Crippen LogP contribution is -2.35. The molecule has 3 heterocycles. The quantitative estimate of drug-likeness (QED) is 0.368. The van der Waals surface area contributed by atoms with Crippen LogP contribution in [-0.2, 0) is 9.59 Å². The number of carbonyl (C=O) groups is 2. The zero-order chi connectivity index (χ0) is 23.8. The molecule has 5 rings (SSSR count). The third kappa shape index (κ3) is 4.40. The van der Waals surface area contributed by atoms with Crippen molar-refractivity contribution in [1.82, 2.24) is 10.3 Å². The molecule has 2 aliphatic rings. The molecule has 6 nitrogen and oxygen atoms in total. The molecule has 0 radical (unpaired) electrons. The number of ketones is 1. The van der Waals surface area contributed by atoms with Crippen molar-refractivity contribution in [1.29, 1.82) is 0 Å². The van der Waals surface area contributed by atoms with E-state index in [0.717, 1.165) is 33.0 Å². The minimum absolute atomic E-state index is 0.0416. The number of nitrogens with one attached hydrogen (secondary N) is 2. The summed E-state index contributed by atoms with van der Waals surface area (Å²) in [5, 5.41) is 6.20. The second-order valence-corrected chi connectivity index (χ2v) is 10.1. The van der Waals surface area contributed by atoms with Gasteiger partial charge in [-0.3, -0.25) is 9.59 Å². The highest BCUT2D eigenvalue weighted by molar-refractivity contribution is 9.10. The van der Waals surface area contributed by atoms with Crippen molar-refractivity contribution in [3.05, 3.63) is 92.0 Å². The van der Waals surface area contributed by atoms with E-state index in [1.165, 1.54) is 0 Å². The number of carbonyl (C=O) groups excluding carboxylic acids is 2. The number of hydrogen-bond donors (Lipinski definition) is 2. The normalized spacial score (nSPS) is 18.0. The molecule has 0 unspecified atom stereocenters. The van der Waals surface area contributed by atoms with Crippen LogP contribution in [0.3, 0.4) is 0 Å². The summed E-state index contributed by atoms with van der Waals surface area (Å²) in [4.78, 5) is 30.8. The summed E-state index contributed by atoms with van der Waals surface area (Å²) in [6, 6.07) is 15.1. The molecule has 172 valence electrons. The van der Waals surface area contributed by atoms with Gasteiger partial charge < -0.3 is 15.1 Å². The van der Waals surface area contributed by atoms with Gasteiger partial charge in [0.05, 0.1) is 11.5 Å². The van der Waals surface area contributed by atoms with Crippen molar-refractivity contribution in [2.75, 3.05) is 5.32 Å². The van der Waals surface area contributed by atoms with Crippen LogP contribution in [0, 0.1) is 0 Å². The lowest BCUT2D eigenvalue weighted by Gasteiger charge is -2.33. The van der Waals surface area contributed by atoms with Gasteiger partial charge in [-0.05, 0) is 72.1 Å². The van der Waals surface area contributed by atoms with E-state index in [-0.39, 0.29) is 11.7 Å². The molecule has 1 aromatic carbocycles. The fraction of sp³-hybridized carbons (Fsp3) is 0.192. The number of Topliss-reactive ketones (excluding diaryl/α,β-unsaturated/α-hetero) is 1. The van der Waals surface area contributed by atoms with Gasteiger partial charge in [0, 0.05) is 44.1 Å². The van der Waals surface area contributed by atoms with Gasteiger partial charge >= 0.3 is 0 Å². The summed E-state index contributed by atoms with van der Waals surface area (Å²) in [6.45, 7) is 1.86. The van der Waals surface area contributed by atoms with E-state index < -0.39 is 5.92 Å². The van der Waals surface area contributed by atoms with Crippen LogP contribution in [0.1, 0.15) is 37.9 Å². The van der Waals surface area contributed by atoms with Gasteiger partial charge in [0.1, 0.15) is 17.3 Å². The third-order valence-corrected chi connectivity index (χ3v) is 7.03. The first-order chi connectivity index (χ1) is 16.4. The molecule has 3 aromatic rings. The average Bonchev–Trinajstić information content (AvgIpc) is 3.30. The number of pyridine rings is 1. The topological polar surface area (TPSA) is 84.2 Å². The van der Waals surface area contributed by atoms with Gasteiger partial charge in [-0.25, -0.2) is 4.98 Å². The Balaban J connectivity index is 1.56. The smallest absolute Gasteiger partial charge is 0.255 e. The van der Waals surface area contributed by atoms with E-state index >= 15 is 0 Å². The monoisotopic (exact) mass is 581 g/mol. The summed E-state index contributed by atoms with van der Waals surface area (Å²) in [6.07, 6.45) is 3.63. The van der Waals surface area contributed by atoms with E-state index in [1.54, 1.807) is 12.3 Å². The molecule has 0 bridgehead atoms. The first-order valence-electron chi connectivity index (χ1n) is 10.9. The zero-order valence-corrected chi connectivity index (χ0v) is 21.5. The molecule has 2 N–H and O–H groups in total. The first kappa shape index (κ1) is 22.8. The van der Waals surface area contributed by atoms with Crippen LogP contribution in [0.4, 0.5) is 5.82 Å². The van der Waals surface area contributed by atoms with Gasteiger partial charge in [-0.15, -0.1) is 0 Å². The molecule has 8 heteroatoms. The predicted octanol–water partition coefficient (Wildman–Crippen LogP) is 6.47. The number of aromatic nitrogens is 1. The minimum atomic E-state index is -0.594. The second kappa shape index (κ2) is 9.35. The van der Waals surface area contributed by atoms with Crippen molar-refractivity contribution in [3.63, 3.8) is 0 Å². The number of allylic oxidation sites excluding steroid dienone is 3. The Labute approximate surface area is 213 Å². The molecular formula is C26H21Br2N3O3. The molecular weight excluding hydrogens is 562 g/mol. The van der Waals surface area contributed by atoms with Crippen LogP contribution in [0.25, 0.3) is 11.3 Å². The number of dihydropyridines is 1. The summed E-state index contributed by atoms with van der Waals surface area (Å²) in [5.74, 6) is 0.797. The Morgan fingerprint density at radius 2 is 1.82 bits per heavy atom. The molecule has 1 amide bonds. The fourth-order valence-corrected chi connectivity index (χ4v) is 4.98. The molecule has 1 atom stereocenters. The van der Waals surface area contributed by atoms with Crippen LogP contribution in [-0.4, -0.2) is 16.7 Å². The molecule has 0 saturated carbocycles.